The topological polar surface area (TPSA) is 77.2 Å². The minimum Gasteiger partial charge on any atom is -0.366 e. The Labute approximate surface area is 102 Å². The number of primary amides is 1. The number of benzene rings is 1. The number of rotatable bonds is 3. The van der Waals surface area contributed by atoms with E-state index in [0.29, 0.717) is 0 Å². The number of alkyl halides is 3. The molecule has 0 spiro atoms. The van der Waals surface area contributed by atoms with Gasteiger partial charge in [0.15, 0.2) is 0 Å². The molecule has 1 amide bonds. The van der Waals surface area contributed by atoms with Crippen LogP contribution in [0.15, 0.2) is 23.1 Å². The summed E-state index contributed by atoms with van der Waals surface area (Å²) in [6.07, 6.45) is 0.194. The van der Waals surface area contributed by atoms with Crippen molar-refractivity contribution in [3.05, 3.63) is 29.3 Å². The van der Waals surface area contributed by atoms with Gasteiger partial charge < -0.3 is 5.73 Å². The minimum atomic E-state index is -5.40. The Morgan fingerprint density at radius 3 is 2.28 bits per heavy atom. The number of carbonyl (C=O) groups excluding carboxylic acids is 1. The predicted octanol–water partition coefficient (Wildman–Crippen LogP) is 1.64. The van der Waals surface area contributed by atoms with Gasteiger partial charge in [0.2, 0.25) is 5.91 Å². The van der Waals surface area contributed by atoms with E-state index in [1.54, 1.807) is 6.92 Å². The van der Waals surface area contributed by atoms with Crippen LogP contribution in [0.3, 0.4) is 0 Å². The fourth-order valence-electron chi connectivity index (χ4n) is 1.40. The number of amides is 1. The van der Waals surface area contributed by atoms with Crippen molar-refractivity contribution in [2.24, 2.45) is 5.73 Å². The normalized spacial score (nSPS) is 12.4. The van der Waals surface area contributed by atoms with Crippen LogP contribution in [0.4, 0.5) is 13.2 Å². The lowest BCUT2D eigenvalue weighted by Crippen LogP contribution is -2.24. The molecule has 0 unspecified atom stereocenters. The van der Waals surface area contributed by atoms with E-state index in [9.17, 15) is 26.4 Å². The Morgan fingerprint density at radius 2 is 1.89 bits per heavy atom. The molecule has 0 aromatic heterocycles. The average Bonchev–Trinajstić information content (AvgIpc) is 2.26. The van der Waals surface area contributed by atoms with Crippen molar-refractivity contribution in [1.82, 2.24) is 0 Å². The van der Waals surface area contributed by atoms with Gasteiger partial charge in [-0.25, -0.2) is 8.42 Å². The predicted molar refractivity (Wildman–Crippen MR) is 57.6 cm³/mol. The Hall–Kier alpha value is -1.57. The van der Waals surface area contributed by atoms with E-state index in [2.05, 4.69) is 0 Å². The Bertz CT molecular complexity index is 579. The molecule has 0 aliphatic carbocycles. The zero-order chi connectivity index (χ0) is 14.1. The van der Waals surface area contributed by atoms with Gasteiger partial charge in [-0.15, -0.1) is 0 Å². The highest BCUT2D eigenvalue weighted by atomic mass is 32.2. The first-order chi connectivity index (χ1) is 8.11. The van der Waals surface area contributed by atoms with Gasteiger partial charge in [0, 0.05) is 5.56 Å². The van der Waals surface area contributed by atoms with Gasteiger partial charge in [-0.3, -0.25) is 4.79 Å². The van der Waals surface area contributed by atoms with E-state index in [0.717, 1.165) is 18.2 Å². The zero-order valence-electron chi connectivity index (χ0n) is 9.28. The van der Waals surface area contributed by atoms with Gasteiger partial charge in [-0.1, -0.05) is 6.92 Å². The lowest BCUT2D eigenvalue weighted by Gasteiger charge is -2.10. The Balaban J connectivity index is 3.44. The number of hydrogen-bond acceptors (Lipinski definition) is 3. The standard InChI is InChI=1S/C10H10F3NO3S/c1-2-6-5-7(3-4-8(6)9(14)15)18(16,17)10(11,12)13/h3-5H,2H2,1H3,(H2,14,15). The average molecular weight is 281 g/mol. The van der Waals surface area contributed by atoms with Crippen molar-refractivity contribution in [3.63, 3.8) is 0 Å². The molecule has 100 valence electrons. The molecule has 0 saturated heterocycles. The van der Waals surface area contributed by atoms with E-state index in [1.165, 1.54) is 0 Å². The lowest BCUT2D eigenvalue weighted by molar-refractivity contribution is -0.0436. The largest absolute Gasteiger partial charge is 0.501 e. The molecule has 0 aliphatic rings. The monoisotopic (exact) mass is 281 g/mol. The molecule has 0 saturated carbocycles. The number of hydrogen-bond donors (Lipinski definition) is 1. The molecule has 0 aliphatic heterocycles. The summed E-state index contributed by atoms with van der Waals surface area (Å²) >= 11 is 0. The number of halogens is 3. The van der Waals surface area contributed by atoms with Crippen LogP contribution in [0.5, 0.6) is 0 Å². The lowest BCUT2D eigenvalue weighted by atomic mass is 10.1. The van der Waals surface area contributed by atoms with Crippen molar-refractivity contribution in [3.8, 4) is 0 Å². The summed E-state index contributed by atoms with van der Waals surface area (Å²) in [7, 11) is -5.40. The molecule has 0 fully saturated rings. The second kappa shape index (κ2) is 4.60. The van der Waals surface area contributed by atoms with Gasteiger partial charge in [0.25, 0.3) is 9.84 Å². The van der Waals surface area contributed by atoms with E-state index < -0.39 is 26.1 Å². The van der Waals surface area contributed by atoms with Crippen molar-refractivity contribution in [2.75, 3.05) is 0 Å². The van der Waals surface area contributed by atoms with Gasteiger partial charge in [-0.05, 0) is 30.2 Å². The van der Waals surface area contributed by atoms with Crippen molar-refractivity contribution in [1.29, 1.82) is 0 Å². The van der Waals surface area contributed by atoms with Crippen molar-refractivity contribution in [2.45, 2.75) is 23.7 Å². The molecule has 8 heteroatoms. The molecular formula is C10H10F3NO3S. The summed E-state index contributed by atoms with van der Waals surface area (Å²) in [5.74, 6) is -0.817. The van der Waals surface area contributed by atoms with Crippen molar-refractivity contribution >= 4 is 15.7 Å². The first kappa shape index (κ1) is 14.5. The zero-order valence-corrected chi connectivity index (χ0v) is 10.1. The Morgan fingerprint density at radius 1 is 1.33 bits per heavy atom. The maximum absolute atomic E-state index is 12.3. The molecule has 2 N–H and O–H groups in total. The molecular weight excluding hydrogens is 271 g/mol. The highest BCUT2D eigenvalue weighted by Crippen LogP contribution is 2.31. The van der Waals surface area contributed by atoms with Crippen LogP contribution in [0.25, 0.3) is 0 Å². The molecule has 0 radical (unpaired) electrons. The fourth-order valence-corrected chi connectivity index (χ4v) is 2.22. The second-order valence-corrected chi connectivity index (χ2v) is 5.43. The molecule has 1 rings (SSSR count). The van der Waals surface area contributed by atoms with E-state index >= 15 is 0 Å². The maximum atomic E-state index is 12.3. The number of nitrogens with two attached hydrogens (primary N) is 1. The van der Waals surface area contributed by atoms with Crippen LogP contribution in [0.2, 0.25) is 0 Å². The van der Waals surface area contributed by atoms with Crippen LogP contribution >= 0.6 is 0 Å². The minimum absolute atomic E-state index is 0.0126. The van der Waals surface area contributed by atoms with Gasteiger partial charge >= 0.3 is 5.51 Å². The molecule has 4 nitrogen and oxygen atoms in total. The van der Waals surface area contributed by atoms with Gasteiger partial charge in [-0.2, -0.15) is 13.2 Å². The summed E-state index contributed by atoms with van der Waals surface area (Å²) in [6, 6.07) is 2.53. The highest BCUT2D eigenvalue weighted by Gasteiger charge is 2.46. The SMILES string of the molecule is CCc1cc(S(=O)(=O)C(F)(F)F)ccc1C(N)=O. The van der Waals surface area contributed by atoms with Crippen LogP contribution in [0, 0.1) is 0 Å². The van der Waals surface area contributed by atoms with Crippen molar-refractivity contribution < 1.29 is 26.4 Å². The van der Waals surface area contributed by atoms with E-state index in [4.69, 9.17) is 5.73 Å². The number of carbonyl (C=O) groups is 1. The molecule has 18 heavy (non-hydrogen) atoms. The van der Waals surface area contributed by atoms with Gasteiger partial charge in [0.05, 0.1) is 4.90 Å². The van der Waals surface area contributed by atoms with Crippen LogP contribution in [0.1, 0.15) is 22.8 Å². The number of aryl methyl sites for hydroxylation is 1. The van der Waals surface area contributed by atoms with Crippen LogP contribution < -0.4 is 5.73 Å². The quantitative estimate of drug-likeness (QED) is 0.915. The second-order valence-electron chi connectivity index (χ2n) is 3.49. The summed E-state index contributed by atoms with van der Waals surface area (Å²) in [4.78, 5) is 10.1. The highest BCUT2D eigenvalue weighted by molar-refractivity contribution is 7.92. The van der Waals surface area contributed by atoms with E-state index in [-0.39, 0.29) is 17.5 Å². The third kappa shape index (κ3) is 2.47. The summed E-state index contributed by atoms with van der Waals surface area (Å²) in [6.45, 7) is 1.58. The first-order valence-electron chi connectivity index (χ1n) is 4.85. The van der Waals surface area contributed by atoms with Crippen LogP contribution in [-0.2, 0) is 16.3 Å². The Kier molecular flexibility index (Phi) is 3.70. The molecule has 1 aromatic rings. The van der Waals surface area contributed by atoms with Gasteiger partial charge in [0.1, 0.15) is 0 Å². The summed E-state index contributed by atoms with van der Waals surface area (Å²) in [5.41, 5.74) is -0.172. The molecule has 0 heterocycles. The summed E-state index contributed by atoms with van der Waals surface area (Å²) in [5, 5.41) is 0. The molecule has 0 bridgehead atoms. The molecule has 0 atom stereocenters. The van der Waals surface area contributed by atoms with E-state index in [1.807, 2.05) is 0 Å². The third-order valence-electron chi connectivity index (χ3n) is 2.34. The van der Waals surface area contributed by atoms with Crippen LogP contribution in [-0.4, -0.2) is 19.8 Å². The summed E-state index contributed by atoms with van der Waals surface area (Å²) < 4.78 is 59.3. The fraction of sp³-hybridized carbons (Fsp3) is 0.300. The molecule has 1 aromatic carbocycles. The smallest absolute Gasteiger partial charge is 0.366 e. The maximum Gasteiger partial charge on any atom is 0.501 e. The third-order valence-corrected chi connectivity index (χ3v) is 3.82. The first-order valence-corrected chi connectivity index (χ1v) is 6.33. The number of sulfone groups is 1.